The third kappa shape index (κ3) is 3.57. The number of thiophene rings is 1. The Kier molecular flexibility index (Phi) is 5.55. The highest BCUT2D eigenvalue weighted by Crippen LogP contribution is 2.37. The average molecular weight is 423 g/mol. The first-order chi connectivity index (χ1) is 14.5. The third-order valence-electron chi connectivity index (χ3n) is 5.57. The molecule has 1 fully saturated rings. The van der Waals surface area contributed by atoms with Crippen molar-refractivity contribution in [3.05, 3.63) is 46.3 Å². The molecule has 4 amide bonds. The minimum Gasteiger partial charge on any atom is -0.315 e. The van der Waals surface area contributed by atoms with Crippen molar-refractivity contribution in [3.63, 3.8) is 0 Å². The van der Waals surface area contributed by atoms with Gasteiger partial charge in [-0.1, -0.05) is 24.6 Å². The number of nitrogens with one attached hydrogen (secondary N) is 1. The molecule has 1 unspecified atom stereocenters. The number of anilines is 2. The summed E-state index contributed by atoms with van der Waals surface area (Å²) in [5.74, 6) is -0.895. The molecule has 2 aliphatic rings. The fourth-order valence-corrected chi connectivity index (χ4v) is 5.31. The summed E-state index contributed by atoms with van der Waals surface area (Å²) in [7, 11) is 0. The van der Waals surface area contributed by atoms with Gasteiger partial charge in [-0.2, -0.15) is 5.26 Å². The molecule has 1 aliphatic carbocycles. The fraction of sp³-hybridized carbons (Fsp3) is 0.364. The molecule has 1 atom stereocenters. The van der Waals surface area contributed by atoms with Crippen LogP contribution in [0.25, 0.3) is 0 Å². The monoisotopic (exact) mass is 422 g/mol. The Balaban J connectivity index is 1.50. The van der Waals surface area contributed by atoms with Gasteiger partial charge in [-0.15, -0.1) is 11.3 Å². The summed E-state index contributed by atoms with van der Waals surface area (Å²) in [6.07, 6.45) is 5.02. The molecular weight excluding hydrogens is 400 g/mol. The van der Waals surface area contributed by atoms with Crippen LogP contribution in [0.2, 0.25) is 0 Å². The zero-order valence-corrected chi connectivity index (χ0v) is 17.5. The van der Waals surface area contributed by atoms with E-state index in [0.717, 1.165) is 47.4 Å². The standard InChI is InChI=1S/C22H22N4O3S/c1-14-21(28)25(22(29)26(14)15-8-4-2-5-9-15)13-19(27)24-20-17(12-23)16-10-6-3-7-11-18(16)30-20/h2,4-5,8-9,14H,3,6-7,10-11,13H2,1H3,(H,24,27). The van der Waals surface area contributed by atoms with Gasteiger partial charge in [-0.25, -0.2) is 4.79 Å². The number of amides is 4. The highest BCUT2D eigenvalue weighted by atomic mass is 32.1. The Morgan fingerprint density at radius 1 is 1.20 bits per heavy atom. The quantitative estimate of drug-likeness (QED) is 0.601. The van der Waals surface area contributed by atoms with Crippen LogP contribution in [-0.4, -0.2) is 35.3 Å². The number of fused-ring (bicyclic) bond motifs is 1. The first kappa shape index (κ1) is 20.1. The second-order valence-corrected chi connectivity index (χ2v) is 8.62. The van der Waals surface area contributed by atoms with Gasteiger partial charge in [-0.3, -0.25) is 19.4 Å². The Hall–Kier alpha value is -3.18. The number of imide groups is 1. The van der Waals surface area contributed by atoms with Crippen molar-refractivity contribution >= 4 is 39.9 Å². The van der Waals surface area contributed by atoms with Gasteiger partial charge in [0.25, 0.3) is 5.91 Å². The summed E-state index contributed by atoms with van der Waals surface area (Å²) >= 11 is 1.43. The second-order valence-electron chi connectivity index (χ2n) is 7.52. The summed E-state index contributed by atoms with van der Waals surface area (Å²) in [4.78, 5) is 41.7. The number of carbonyl (C=O) groups excluding carboxylic acids is 3. The number of carbonyl (C=O) groups is 3. The van der Waals surface area contributed by atoms with Crippen LogP contribution in [0.3, 0.4) is 0 Å². The maximum absolute atomic E-state index is 12.8. The van der Waals surface area contributed by atoms with Gasteiger partial charge in [0.1, 0.15) is 23.7 Å². The Bertz CT molecular complexity index is 1040. The molecule has 0 bridgehead atoms. The second kappa shape index (κ2) is 8.28. The molecule has 0 radical (unpaired) electrons. The highest BCUT2D eigenvalue weighted by Gasteiger charge is 2.44. The van der Waals surface area contributed by atoms with Crippen LogP contribution in [0.4, 0.5) is 15.5 Å². The molecule has 1 aromatic heterocycles. The molecule has 8 heteroatoms. The van der Waals surface area contributed by atoms with Crippen molar-refractivity contribution in [1.29, 1.82) is 5.26 Å². The molecule has 0 spiro atoms. The predicted molar refractivity (Wildman–Crippen MR) is 114 cm³/mol. The van der Waals surface area contributed by atoms with E-state index in [-0.39, 0.29) is 6.54 Å². The molecular formula is C22H22N4O3S. The van der Waals surface area contributed by atoms with E-state index >= 15 is 0 Å². The molecule has 1 N–H and O–H groups in total. The molecule has 1 aromatic carbocycles. The van der Waals surface area contributed by atoms with Gasteiger partial charge >= 0.3 is 6.03 Å². The lowest BCUT2D eigenvalue weighted by molar-refractivity contribution is -0.130. The third-order valence-corrected chi connectivity index (χ3v) is 6.78. The molecule has 154 valence electrons. The average Bonchev–Trinajstić information content (AvgIpc) is 3.04. The zero-order chi connectivity index (χ0) is 21.3. The topological polar surface area (TPSA) is 93.5 Å². The SMILES string of the molecule is CC1C(=O)N(CC(=O)Nc2sc3c(c2C#N)CCCCC3)C(=O)N1c1ccccc1. The summed E-state index contributed by atoms with van der Waals surface area (Å²) < 4.78 is 0. The van der Waals surface area contributed by atoms with Crippen molar-refractivity contribution in [2.45, 2.75) is 45.1 Å². The number of rotatable bonds is 4. The van der Waals surface area contributed by atoms with E-state index in [1.165, 1.54) is 16.2 Å². The normalized spacial score (nSPS) is 18.7. The van der Waals surface area contributed by atoms with E-state index in [2.05, 4.69) is 11.4 Å². The van der Waals surface area contributed by atoms with Crippen LogP contribution < -0.4 is 10.2 Å². The van der Waals surface area contributed by atoms with Gasteiger partial charge in [0.05, 0.1) is 5.56 Å². The predicted octanol–water partition coefficient (Wildman–Crippen LogP) is 3.68. The Morgan fingerprint density at radius 2 is 1.93 bits per heavy atom. The molecule has 4 rings (SSSR count). The maximum atomic E-state index is 12.8. The van der Waals surface area contributed by atoms with E-state index < -0.39 is 23.9 Å². The van der Waals surface area contributed by atoms with Crippen LogP contribution in [0.5, 0.6) is 0 Å². The van der Waals surface area contributed by atoms with Crippen LogP contribution in [0.1, 0.15) is 42.2 Å². The van der Waals surface area contributed by atoms with E-state index in [9.17, 15) is 19.6 Å². The van der Waals surface area contributed by atoms with Crippen molar-refractivity contribution in [2.24, 2.45) is 0 Å². The number of aryl methyl sites for hydroxylation is 1. The largest absolute Gasteiger partial charge is 0.332 e. The van der Waals surface area contributed by atoms with E-state index in [1.807, 2.05) is 6.07 Å². The highest BCUT2D eigenvalue weighted by molar-refractivity contribution is 7.16. The number of hydrogen-bond acceptors (Lipinski definition) is 5. The smallest absolute Gasteiger partial charge is 0.315 e. The lowest BCUT2D eigenvalue weighted by Crippen LogP contribution is -2.39. The van der Waals surface area contributed by atoms with E-state index in [0.29, 0.717) is 16.3 Å². The molecule has 1 aliphatic heterocycles. The van der Waals surface area contributed by atoms with Gasteiger partial charge in [-0.05, 0) is 50.3 Å². The minimum absolute atomic E-state index is 0.376. The van der Waals surface area contributed by atoms with Crippen LogP contribution in [0.15, 0.2) is 30.3 Å². The van der Waals surface area contributed by atoms with Gasteiger partial charge in [0, 0.05) is 10.6 Å². The van der Waals surface area contributed by atoms with E-state index in [4.69, 9.17) is 0 Å². The number of para-hydroxylation sites is 1. The van der Waals surface area contributed by atoms with Crippen molar-refractivity contribution < 1.29 is 14.4 Å². The molecule has 1 saturated heterocycles. The fourth-order valence-electron chi connectivity index (χ4n) is 4.05. The number of nitrogens with zero attached hydrogens (tertiary/aromatic N) is 3. The number of hydrogen-bond donors (Lipinski definition) is 1. The van der Waals surface area contributed by atoms with Crippen molar-refractivity contribution in [2.75, 3.05) is 16.8 Å². The molecule has 7 nitrogen and oxygen atoms in total. The first-order valence-electron chi connectivity index (χ1n) is 10.1. The minimum atomic E-state index is -0.680. The summed E-state index contributed by atoms with van der Waals surface area (Å²) in [6.45, 7) is 1.27. The summed E-state index contributed by atoms with van der Waals surface area (Å²) in [5.41, 5.74) is 2.16. The Morgan fingerprint density at radius 3 is 2.67 bits per heavy atom. The lowest BCUT2D eigenvalue weighted by Gasteiger charge is -2.19. The Labute approximate surface area is 178 Å². The lowest BCUT2D eigenvalue weighted by atomic mass is 10.1. The molecule has 0 saturated carbocycles. The summed E-state index contributed by atoms with van der Waals surface area (Å²) in [5, 5.41) is 12.9. The molecule has 30 heavy (non-hydrogen) atoms. The van der Waals surface area contributed by atoms with Crippen molar-refractivity contribution in [1.82, 2.24) is 4.90 Å². The summed E-state index contributed by atoms with van der Waals surface area (Å²) in [6, 6.07) is 9.94. The van der Waals surface area contributed by atoms with Crippen LogP contribution in [0, 0.1) is 11.3 Å². The first-order valence-corrected chi connectivity index (χ1v) is 10.9. The van der Waals surface area contributed by atoms with Gasteiger partial charge in [0.2, 0.25) is 5.91 Å². The van der Waals surface area contributed by atoms with Crippen LogP contribution >= 0.6 is 11.3 Å². The van der Waals surface area contributed by atoms with Crippen molar-refractivity contribution in [3.8, 4) is 6.07 Å². The number of nitriles is 1. The number of urea groups is 1. The maximum Gasteiger partial charge on any atom is 0.332 e. The van der Waals surface area contributed by atoms with Gasteiger partial charge < -0.3 is 5.32 Å². The molecule has 2 aromatic rings. The number of benzene rings is 1. The van der Waals surface area contributed by atoms with E-state index in [1.54, 1.807) is 31.2 Å². The zero-order valence-electron chi connectivity index (χ0n) is 16.7. The van der Waals surface area contributed by atoms with Gasteiger partial charge in [0.15, 0.2) is 0 Å². The van der Waals surface area contributed by atoms with Crippen LogP contribution in [-0.2, 0) is 22.4 Å². The molecule has 2 heterocycles.